The van der Waals surface area contributed by atoms with Crippen LogP contribution >= 0.6 is 0 Å². The van der Waals surface area contributed by atoms with Crippen LogP contribution in [0.3, 0.4) is 0 Å². The molecule has 4 aromatic heterocycles. The quantitative estimate of drug-likeness (QED) is 0.0977. The van der Waals surface area contributed by atoms with Crippen molar-refractivity contribution in [3.8, 4) is 0 Å². The van der Waals surface area contributed by atoms with Gasteiger partial charge in [0.1, 0.15) is 0 Å². The van der Waals surface area contributed by atoms with E-state index in [0.717, 1.165) is 82.4 Å². The molecule has 236 valence electrons. The van der Waals surface area contributed by atoms with Crippen LogP contribution in [-0.2, 0) is 39.3 Å². The fourth-order valence-electron chi connectivity index (χ4n) is 7.11. The molecule has 0 saturated heterocycles. The SMILES string of the molecule is c1ccc2c(c1)ncn2CCCCn1c[n+](CCC[n+]2cn(CCCCn3cnc4ccccc43)c3ccccc32)c2ccccc21. The van der Waals surface area contributed by atoms with Crippen LogP contribution in [0, 0.1) is 0 Å². The number of unbranched alkanes of at least 4 members (excludes halogenated alkanes) is 2. The van der Waals surface area contributed by atoms with E-state index in [-0.39, 0.29) is 0 Å². The predicted octanol–water partition coefficient (Wildman–Crippen LogP) is 6.92. The topological polar surface area (TPSA) is 53.3 Å². The Kier molecular flexibility index (Phi) is 8.22. The van der Waals surface area contributed by atoms with Crippen LogP contribution in [0.5, 0.6) is 0 Å². The fourth-order valence-corrected chi connectivity index (χ4v) is 7.11. The van der Waals surface area contributed by atoms with Crippen molar-refractivity contribution in [2.75, 3.05) is 0 Å². The first kappa shape index (κ1) is 29.2. The molecule has 8 nitrogen and oxygen atoms in total. The summed E-state index contributed by atoms with van der Waals surface area (Å²) >= 11 is 0. The molecule has 4 aromatic carbocycles. The van der Waals surface area contributed by atoms with E-state index >= 15 is 0 Å². The van der Waals surface area contributed by atoms with Crippen molar-refractivity contribution in [3.05, 3.63) is 122 Å². The zero-order chi connectivity index (χ0) is 31.4. The highest BCUT2D eigenvalue weighted by atomic mass is 15.2. The zero-order valence-electron chi connectivity index (χ0n) is 26.9. The molecule has 0 atom stereocenters. The zero-order valence-corrected chi connectivity index (χ0v) is 26.9. The average molecular weight is 623 g/mol. The van der Waals surface area contributed by atoms with E-state index in [9.17, 15) is 0 Å². The molecule has 0 radical (unpaired) electrons. The van der Waals surface area contributed by atoms with E-state index in [4.69, 9.17) is 0 Å². The monoisotopic (exact) mass is 622 g/mol. The number of hydrogen-bond donors (Lipinski definition) is 0. The first-order valence-electron chi connectivity index (χ1n) is 17.1. The number of nitrogens with zero attached hydrogens (tertiary/aromatic N) is 8. The van der Waals surface area contributed by atoms with E-state index in [2.05, 4.69) is 147 Å². The van der Waals surface area contributed by atoms with Gasteiger partial charge < -0.3 is 9.13 Å². The minimum atomic E-state index is 0.986. The molecule has 0 aliphatic carbocycles. The van der Waals surface area contributed by atoms with E-state index in [1.165, 1.54) is 33.1 Å². The van der Waals surface area contributed by atoms with Gasteiger partial charge in [-0.05, 0) is 74.2 Å². The van der Waals surface area contributed by atoms with Gasteiger partial charge in [0.2, 0.25) is 12.7 Å². The Morgan fingerprint density at radius 1 is 0.404 bits per heavy atom. The summed E-state index contributed by atoms with van der Waals surface area (Å²) in [6.45, 7) is 5.98. The summed E-state index contributed by atoms with van der Waals surface area (Å²) in [6.07, 6.45) is 14.2. The minimum absolute atomic E-state index is 0.986. The number of hydrogen-bond acceptors (Lipinski definition) is 2. The van der Waals surface area contributed by atoms with Gasteiger partial charge in [-0.3, -0.25) is 0 Å². The molecule has 0 fully saturated rings. The smallest absolute Gasteiger partial charge is 0.244 e. The van der Waals surface area contributed by atoms with Crippen LogP contribution in [0.4, 0.5) is 0 Å². The first-order valence-corrected chi connectivity index (χ1v) is 17.1. The summed E-state index contributed by atoms with van der Waals surface area (Å²) in [6, 6.07) is 34.4. The summed E-state index contributed by atoms with van der Waals surface area (Å²) < 4.78 is 14.3. The van der Waals surface area contributed by atoms with E-state index in [1.807, 2.05) is 12.7 Å². The third-order valence-electron chi connectivity index (χ3n) is 9.51. The molecule has 8 heteroatoms. The molecule has 0 bridgehead atoms. The molecule has 0 N–H and O–H groups in total. The Morgan fingerprint density at radius 3 is 1.26 bits per heavy atom. The van der Waals surface area contributed by atoms with Gasteiger partial charge >= 0.3 is 0 Å². The average Bonchev–Trinajstić information content (AvgIpc) is 3.89. The molecule has 8 rings (SSSR count). The number of benzene rings is 4. The van der Waals surface area contributed by atoms with Crippen LogP contribution < -0.4 is 9.13 Å². The lowest BCUT2D eigenvalue weighted by atomic mass is 10.2. The molecule has 0 unspecified atom stereocenters. The van der Waals surface area contributed by atoms with E-state index in [1.54, 1.807) is 0 Å². The standard InChI is InChI=1S/C39H42N8/c1-3-16-34-32(14-1)40-28-42(34)22-9-11-24-44-30-46(38-20-7-5-18-36(38)44)26-13-27-47-31-45(37-19-6-8-21-39(37)47)25-12-10-23-43-29-41-33-15-2-4-17-35(33)43/h1-8,14-21,28-31H,9-13,22-27H2/q+2. The minimum Gasteiger partial charge on any atom is -0.331 e. The van der Waals surface area contributed by atoms with Crippen molar-refractivity contribution in [3.63, 3.8) is 0 Å². The van der Waals surface area contributed by atoms with Crippen LogP contribution in [0.25, 0.3) is 44.1 Å². The molecule has 8 aromatic rings. The molecule has 0 spiro atoms. The number of fused-ring (bicyclic) bond motifs is 4. The Labute approximate surface area is 274 Å². The largest absolute Gasteiger partial charge is 0.331 e. The highest BCUT2D eigenvalue weighted by Crippen LogP contribution is 2.17. The lowest BCUT2D eigenvalue weighted by molar-refractivity contribution is -0.703. The second kappa shape index (κ2) is 13.2. The van der Waals surface area contributed by atoms with Gasteiger partial charge in [0.15, 0.2) is 22.1 Å². The maximum absolute atomic E-state index is 4.55. The Morgan fingerprint density at radius 2 is 0.787 bits per heavy atom. The van der Waals surface area contributed by atoms with Crippen molar-refractivity contribution in [2.45, 2.75) is 71.4 Å². The number of imidazole rings is 4. The maximum atomic E-state index is 4.55. The van der Waals surface area contributed by atoms with Crippen LogP contribution in [0.2, 0.25) is 0 Å². The number of aromatic nitrogens is 8. The molecule has 0 aliphatic rings. The van der Waals surface area contributed by atoms with E-state index < -0.39 is 0 Å². The van der Waals surface area contributed by atoms with Gasteiger partial charge in [0, 0.05) is 19.5 Å². The molecule has 47 heavy (non-hydrogen) atoms. The molecule has 4 heterocycles. The van der Waals surface area contributed by atoms with Crippen LogP contribution in [0.15, 0.2) is 122 Å². The molecule has 0 saturated carbocycles. The molecule has 0 amide bonds. The normalized spacial score (nSPS) is 11.9. The summed E-state index contributed by atoms with van der Waals surface area (Å²) in [5.74, 6) is 0. The van der Waals surface area contributed by atoms with Crippen LogP contribution in [0.1, 0.15) is 32.1 Å². The van der Waals surface area contributed by atoms with Crippen molar-refractivity contribution in [1.82, 2.24) is 28.2 Å². The maximum Gasteiger partial charge on any atom is 0.244 e. The summed E-state index contributed by atoms with van der Waals surface area (Å²) in [5.41, 5.74) is 9.83. The van der Waals surface area contributed by atoms with Gasteiger partial charge in [-0.15, -0.1) is 0 Å². The van der Waals surface area contributed by atoms with Crippen molar-refractivity contribution in [2.24, 2.45) is 0 Å². The molecule has 0 aliphatic heterocycles. The van der Waals surface area contributed by atoms with Gasteiger partial charge in [-0.2, -0.15) is 0 Å². The number of rotatable bonds is 14. The van der Waals surface area contributed by atoms with Crippen LogP contribution in [-0.4, -0.2) is 28.2 Å². The van der Waals surface area contributed by atoms with Crippen molar-refractivity contribution >= 4 is 44.1 Å². The lowest BCUT2D eigenvalue weighted by Crippen LogP contribution is -2.38. The Hall–Kier alpha value is -5.24. The highest BCUT2D eigenvalue weighted by Gasteiger charge is 2.18. The summed E-state index contributed by atoms with van der Waals surface area (Å²) in [7, 11) is 0. The van der Waals surface area contributed by atoms with Crippen molar-refractivity contribution in [1.29, 1.82) is 0 Å². The van der Waals surface area contributed by atoms with Gasteiger partial charge in [0.25, 0.3) is 0 Å². The summed E-state index contributed by atoms with van der Waals surface area (Å²) in [4.78, 5) is 9.10. The third kappa shape index (κ3) is 6.03. The first-order chi connectivity index (χ1) is 23.3. The van der Waals surface area contributed by atoms with E-state index in [0.29, 0.717) is 0 Å². The fraction of sp³-hybridized carbons (Fsp3) is 0.282. The Bertz CT molecular complexity index is 2110. The van der Waals surface area contributed by atoms with Gasteiger partial charge in [-0.1, -0.05) is 48.5 Å². The molecular weight excluding hydrogens is 580 g/mol. The second-order valence-corrected chi connectivity index (χ2v) is 12.6. The molecular formula is C39H42N8+2. The van der Waals surface area contributed by atoms with Crippen molar-refractivity contribution < 1.29 is 9.13 Å². The highest BCUT2D eigenvalue weighted by molar-refractivity contribution is 5.76. The van der Waals surface area contributed by atoms with Gasteiger partial charge in [0.05, 0.1) is 60.9 Å². The Balaban J connectivity index is 0.884. The third-order valence-corrected chi connectivity index (χ3v) is 9.51. The van der Waals surface area contributed by atoms with Gasteiger partial charge in [-0.25, -0.2) is 28.2 Å². The number of aryl methyl sites for hydroxylation is 6. The predicted molar refractivity (Wildman–Crippen MR) is 187 cm³/mol. The summed E-state index contributed by atoms with van der Waals surface area (Å²) in [5, 5.41) is 0. The second-order valence-electron chi connectivity index (χ2n) is 12.6. The number of para-hydroxylation sites is 8. The lowest BCUT2D eigenvalue weighted by Gasteiger charge is -2.03.